The van der Waals surface area contributed by atoms with Crippen molar-refractivity contribution in [2.24, 2.45) is 4.99 Å². The predicted octanol–water partition coefficient (Wildman–Crippen LogP) is 2.51. The highest BCUT2D eigenvalue weighted by Crippen LogP contribution is 2.28. The van der Waals surface area contributed by atoms with E-state index in [1.807, 2.05) is 12.1 Å². The molecule has 1 saturated carbocycles. The fourth-order valence-corrected chi connectivity index (χ4v) is 4.12. The van der Waals surface area contributed by atoms with Gasteiger partial charge in [0.1, 0.15) is 5.75 Å². The first-order chi connectivity index (χ1) is 13.2. The predicted molar refractivity (Wildman–Crippen MR) is 108 cm³/mol. The smallest absolute Gasteiger partial charge is 0.239 e. The number of likely N-dealkylation sites (tertiary alicyclic amines) is 1. The van der Waals surface area contributed by atoms with Gasteiger partial charge in [-0.05, 0) is 37.0 Å². The van der Waals surface area contributed by atoms with Crippen molar-refractivity contribution in [2.45, 2.75) is 50.5 Å². The number of benzene rings is 1. The SMILES string of the molecule is CN=C(NCC(=O)NC1CCCCC1)N1CCC(c2ccc(OC)cc2)C1. The van der Waals surface area contributed by atoms with Crippen LogP contribution in [0.2, 0.25) is 0 Å². The summed E-state index contributed by atoms with van der Waals surface area (Å²) in [6.07, 6.45) is 7.04. The molecule has 6 heteroatoms. The van der Waals surface area contributed by atoms with Crippen LogP contribution in [0.4, 0.5) is 0 Å². The third-order valence-electron chi connectivity index (χ3n) is 5.66. The second-order valence-electron chi connectivity index (χ2n) is 7.51. The Hall–Kier alpha value is -2.24. The number of carbonyl (C=O) groups is 1. The number of nitrogens with one attached hydrogen (secondary N) is 2. The fourth-order valence-electron chi connectivity index (χ4n) is 4.12. The molecule has 1 saturated heterocycles. The highest BCUT2D eigenvalue weighted by molar-refractivity contribution is 5.86. The van der Waals surface area contributed by atoms with Gasteiger partial charge in [-0.15, -0.1) is 0 Å². The largest absolute Gasteiger partial charge is 0.497 e. The average molecular weight is 373 g/mol. The van der Waals surface area contributed by atoms with Gasteiger partial charge in [-0.2, -0.15) is 0 Å². The molecular weight excluding hydrogens is 340 g/mol. The molecule has 1 unspecified atom stereocenters. The summed E-state index contributed by atoms with van der Waals surface area (Å²) in [6, 6.07) is 8.66. The quantitative estimate of drug-likeness (QED) is 0.616. The molecule has 0 spiro atoms. The summed E-state index contributed by atoms with van der Waals surface area (Å²) in [6.45, 7) is 2.14. The minimum Gasteiger partial charge on any atom is -0.497 e. The van der Waals surface area contributed by atoms with E-state index in [2.05, 4.69) is 32.7 Å². The molecule has 0 radical (unpaired) electrons. The van der Waals surface area contributed by atoms with Gasteiger partial charge >= 0.3 is 0 Å². The van der Waals surface area contributed by atoms with Crippen LogP contribution in [0.15, 0.2) is 29.3 Å². The van der Waals surface area contributed by atoms with Crippen LogP contribution < -0.4 is 15.4 Å². The number of aliphatic imine (C=N–C) groups is 1. The lowest BCUT2D eigenvalue weighted by molar-refractivity contribution is -0.120. The van der Waals surface area contributed by atoms with E-state index >= 15 is 0 Å². The van der Waals surface area contributed by atoms with Crippen molar-refractivity contribution in [3.05, 3.63) is 29.8 Å². The molecule has 2 fully saturated rings. The number of ether oxygens (including phenoxy) is 1. The van der Waals surface area contributed by atoms with Crippen LogP contribution in [0.1, 0.15) is 50.0 Å². The Bertz CT molecular complexity index is 638. The first-order valence-corrected chi connectivity index (χ1v) is 10.1. The summed E-state index contributed by atoms with van der Waals surface area (Å²) < 4.78 is 5.24. The maximum atomic E-state index is 12.2. The zero-order valence-electron chi connectivity index (χ0n) is 16.5. The minimum atomic E-state index is 0.0638. The van der Waals surface area contributed by atoms with E-state index < -0.39 is 0 Å². The summed E-state index contributed by atoms with van der Waals surface area (Å²) >= 11 is 0. The Morgan fingerprint density at radius 3 is 2.59 bits per heavy atom. The summed E-state index contributed by atoms with van der Waals surface area (Å²) in [5.74, 6) is 2.24. The molecule has 27 heavy (non-hydrogen) atoms. The number of amides is 1. The van der Waals surface area contributed by atoms with Gasteiger partial charge in [0.15, 0.2) is 5.96 Å². The van der Waals surface area contributed by atoms with E-state index in [1.54, 1.807) is 14.2 Å². The van der Waals surface area contributed by atoms with Gasteiger partial charge in [-0.25, -0.2) is 0 Å². The van der Waals surface area contributed by atoms with Crippen LogP contribution in [-0.2, 0) is 4.79 Å². The second-order valence-corrected chi connectivity index (χ2v) is 7.51. The number of rotatable bonds is 5. The fraction of sp³-hybridized carbons (Fsp3) is 0.619. The molecule has 3 rings (SSSR count). The topological polar surface area (TPSA) is 66.0 Å². The van der Waals surface area contributed by atoms with Gasteiger partial charge in [0.05, 0.1) is 13.7 Å². The Morgan fingerprint density at radius 2 is 1.93 bits per heavy atom. The van der Waals surface area contributed by atoms with Gasteiger partial charge in [0.2, 0.25) is 5.91 Å². The van der Waals surface area contributed by atoms with Crippen molar-refractivity contribution in [3.8, 4) is 5.75 Å². The van der Waals surface area contributed by atoms with Crippen LogP contribution in [0.25, 0.3) is 0 Å². The van der Waals surface area contributed by atoms with Crippen LogP contribution >= 0.6 is 0 Å². The molecule has 1 aliphatic heterocycles. The summed E-state index contributed by atoms with van der Waals surface area (Å²) in [5.41, 5.74) is 1.32. The maximum Gasteiger partial charge on any atom is 0.239 e. The lowest BCUT2D eigenvalue weighted by Crippen LogP contribution is -2.46. The lowest BCUT2D eigenvalue weighted by Gasteiger charge is -2.24. The molecule has 1 aliphatic carbocycles. The molecule has 0 aromatic heterocycles. The van der Waals surface area contributed by atoms with E-state index in [4.69, 9.17) is 4.74 Å². The zero-order valence-corrected chi connectivity index (χ0v) is 16.5. The van der Waals surface area contributed by atoms with Gasteiger partial charge < -0.3 is 20.3 Å². The summed E-state index contributed by atoms with van der Waals surface area (Å²) in [4.78, 5) is 18.8. The van der Waals surface area contributed by atoms with Crippen LogP contribution in [0.5, 0.6) is 5.75 Å². The third kappa shape index (κ3) is 5.37. The number of methoxy groups -OCH3 is 1. The van der Waals surface area contributed by atoms with Gasteiger partial charge in [-0.3, -0.25) is 9.79 Å². The number of carbonyl (C=O) groups excluding carboxylic acids is 1. The molecule has 1 heterocycles. The molecule has 0 bridgehead atoms. The standard InChI is InChI=1S/C21H32N4O2/c1-22-21(23-14-20(26)24-18-6-4-3-5-7-18)25-13-12-17(15-25)16-8-10-19(27-2)11-9-16/h8-11,17-18H,3-7,12-15H2,1-2H3,(H,22,23)(H,24,26). The Labute approximate surface area is 162 Å². The molecule has 1 aromatic rings. The highest BCUT2D eigenvalue weighted by Gasteiger charge is 2.26. The summed E-state index contributed by atoms with van der Waals surface area (Å²) in [5, 5.41) is 6.38. The number of hydrogen-bond donors (Lipinski definition) is 2. The first-order valence-electron chi connectivity index (χ1n) is 10.1. The molecule has 1 atom stereocenters. The lowest BCUT2D eigenvalue weighted by atomic mass is 9.95. The van der Waals surface area contributed by atoms with E-state index in [0.717, 1.165) is 44.1 Å². The van der Waals surface area contributed by atoms with Crippen molar-refractivity contribution in [3.63, 3.8) is 0 Å². The summed E-state index contributed by atoms with van der Waals surface area (Å²) in [7, 11) is 3.47. The number of hydrogen-bond acceptors (Lipinski definition) is 3. The van der Waals surface area contributed by atoms with Crippen LogP contribution in [0, 0.1) is 0 Å². The number of nitrogens with zero attached hydrogens (tertiary/aromatic N) is 2. The van der Waals surface area contributed by atoms with Crippen molar-refractivity contribution in [1.29, 1.82) is 0 Å². The molecule has 148 valence electrons. The van der Waals surface area contributed by atoms with Crippen molar-refractivity contribution >= 4 is 11.9 Å². The Kier molecular flexibility index (Phi) is 6.96. The molecule has 2 aliphatic rings. The van der Waals surface area contributed by atoms with Crippen molar-refractivity contribution in [2.75, 3.05) is 33.8 Å². The van der Waals surface area contributed by atoms with Gasteiger partial charge in [-0.1, -0.05) is 31.4 Å². The van der Waals surface area contributed by atoms with E-state index in [9.17, 15) is 4.79 Å². The average Bonchev–Trinajstić information content (AvgIpc) is 3.19. The molecule has 1 amide bonds. The minimum absolute atomic E-state index is 0.0638. The Morgan fingerprint density at radius 1 is 1.19 bits per heavy atom. The van der Waals surface area contributed by atoms with E-state index in [1.165, 1.54) is 24.8 Å². The van der Waals surface area contributed by atoms with Crippen LogP contribution in [-0.4, -0.2) is 56.6 Å². The van der Waals surface area contributed by atoms with E-state index in [0.29, 0.717) is 12.0 Å². The van der Waals surface area contributed by atoms with Gasteiger partial charge in [0, 0.05) is 32.1 Å². The van der Waals surface area contributed by atoms with E-state index in [-0.39, 0.29) is 12.5 Å². The number of guanidine groups is 1. The molecule has 6 nitrogen and oxygen atoms in total. The third-order valence-corrected chi connectivity index (χ3v) is 5.66. The van der Waals surface area contributed by atoms with Crippen molar-refractivity contribution in [1.82, 2.24) is 15.5 Å². The maximum absolute atomic E-state index is 12.2. The first kappa shape index (κ1) is 19.5. The zero-order chi connectivity index (χ0) is 19.1. The highest BCUT2D eigenvalue weighted by atomic mass is 16.5. The Balaban J connectivity index is 1.47. The monoisotopic (exact) mass is 372 g/mol. The second kappa shape index (κ2) is 9.62. The van der Waals surface area contributed by atoms with Crippen LogP contribution in [0.3, 0.4) is 0 Å². The normalized spacial score (nSPS) is 21.2. The molecule has 2 N–H and O–H groups in total. The molecular formula is C21H32N4O2. The molecule has 1 aromatic carbocycles. The van der Waals surface area contributed by atoms with Crippen molar-refractivity contribution < 1.29 is 9.53 Å². The van der Waals surface area contributed by atoms with Gasteiger partial charge in [0.25, 0.3) is 0 Å².